The lowest BCUT2D eigenvalue weighted by Crippen LogP contribution is -2.47. The minimum atomic E-state index is -1.01. The third-order valence-corrected chi connectivity index (χ3v) is 3.48. The second kappa shape index (κ2) is 7.62. The summed E-state index contributed by atoms with van der Waals surface area (Å²) in [6.07, 6.45) is -0.406. The van der Waals surface area contributed by atoms with Gasteiger partial charge in [0.05, 0.1) is 24.8 Å². The van der Waals surface area contributed by atoms with Gasteiger partial charge in [-0.3, -0.25) is 4.90 Å². The molecule has 0 spiro atoms. The molecule has 1 heterocycles. The molecule has 6 heteroatoms. The molecular formula is C15H19N3O3. The van der Waals surface area contributed by atoms with E-state index in [9.17, 15) is 4.79 Å². The van der Waals surface area contributed by atoms with Crippen LogP contribution in [0.5, 0.6) is 0 Å². The van der Waals surface area contributed by atoms with Gasteiger partial charge in [-0.05, 0) is 24.1 Å². The molecule has 2 N–H and O–H groups in total. The first-order valence-corrected chi connectivity index (χ1v) is 6.96. The highest BCUT2D eigenvalue weighted by atomic mass is 16.5. The van der Waals surface area contributed by atoms with Crippen LogP contribution in [0.3, 0.4) is 0 Å². The first kappa shape index (κ1) is 15.3. The number of carbonyl (C=O) groups is 1. The van der Waals surface area contributed by atoms with Crippen molar-refractivity contribution in [2.45, 2.75) is 12.5 Å². The molecule has 2 rings (SSSR count). The number of hydrogen-bond donors (Lipinski definition) is 2. The van der Waals surface area contributed by atoms with Crippen molar-refractivity contribution in [2.75, 3.05) is 32.8 Å². The van der Waals surface area contributed by atoms with Crippen LogP contribution in [0.4, 0.5) is 4.79 Å². The topological polar surface area (TPSA) is 85.6 Å². The Morgan fingerprint density at radius 2 is 2.05 bits per heavy atom. The summed E-state index contributed by atoms with van der Waals surface area (Å²) in [5, 5.41) is 20.3. The Morgan fingerprint density at radius 1 is 1.38 bits per heavy atom. The van der Waals surface area contributed by atoms with Crippen LogP contribution in [-0.2, 0) is 11.2 Å². The lowest BCUT2D eigenvalue weighted by Gasteiger charge is -2.30. The van der Waals surface area contributed by atoms with Crippen LogP contribution in [0.25, 0.3) is 0 Å². The molecule has 1 atom stereocenters. The van der Waals surface area contributed by atoms with Crippen LogP contribution in [0.2, 0.25) is 0 Å². The van der Waals surface area contributed by atoms with Gasteiger partial charge in [-0.2, -0.15) is 5.26 Å². The maximum Gasteiger partial charge on any atom is 0.404 e. The highest BCUT2D eigenvalue weighted by Gasteiger charge is 2.18. The van der Waals surface area contributed by atoms with Gasteiger partial charge in [0, 0.05) is 25.7 Å². The molecule has 0 saturated carbocycles. The third kappa shape index (κ3) is 5.06. The molecule has 6 nitrogen and oxygen atoms in total. The minimum absolute atomic E-state index is 0.173. The van der Waals surface area contributed by atoms with Crippen LogP contribution in [0.1, 0.15) is 11.1 Å². The zero-order valence-corrected chi connectivity index (χ0v) is 11.8. The third-order valence-electron chi connectivity index (χ3n) is 3.48. The number of nitrogens with zero attached hydrogens (tertiary/aromatic N) is 2. The van der Waals surface area contributed by atoms with Gasteiger partial charge >= 0.3 is 6.09 Å². The van der Waals surface area contributed by atoms with Crippen molar-refractivity contribution in [3.05, 3.63) is 35.4 Å². The Hall–Kier alpha value is -2.10. The van der Waals surface area contributed by atoms with E-state index in [2.05, 4.69) is 16.3 Å². The molecule has 1 amide bonds. The Kier molecular flexibility index (Phi) is 5.55. The minimum Gasteiger partial charge on any atom is -0.465 e. The van der Waals surface area contributed by atoms with E-state index in [0.29, 0.717) is 31.7 Å². The van der Waals surface area contributed by atoms with Gasteiger partial charge < -0.3 is 15.2 Å². The largest absolute Gasteiger partial charge is 0.465 e. The molecule has 1 saturated heterocycles. The second-order valence-corrected chi connectivity index (χ2v) is 5.07. The highest BCUT2D eigenvalue weighted by Crippen LogP contribution is 2.08. The van der Waals surface area contributed by atoms with Crippen LogP contribution < -0.4 is 5.32 Å². The molecule has 1 aliphatic heterocycles. The first-order valence-electron chi connectivity index (χ1n) is 6.96. The molecule has 0 aromatic heterocycles. The number of morpholine rings is 1. The first-order chi connectivity index (χ1) is 10.2. The van der Waals surface area contributed by atoms with Crippen molar-refractivity contribution in [1.29, 1.82) is 5.26 Å². The number of carboxylic acid groups (broad SMARTS) is 1. The smallest absolute Gasteiger partial charge is 0.404 e. The summed E-state index contributed by atoms with van der Waals surface area (Å²) < 4.78 is 5.30. The second-order valence-electron chi connectivity index (χ2n) is 5.07. The Bertz CT molecular complexity index is 504. The molecule has 0 radical (unpaired) electrons. The van der Waals surface area contributed by atoms with Crippen molar-refractivity contribution >= 4 is 6.09 Å². The van der Waals surface area contributed by atoms with Crippen molar-refractivity contribution in [3.63, 3.8) is 0 Å². The zero-order valence-electron chi connectivity index (χ0n) is 11.8. The summed E-state index contributed by atoms with van der Waals surface area (Å²) in [4.78, 5) is 13.1. The number of ether oxygens (including phenoxy) is 1. The molecule has 1 fully saturated rings. The summed E-state index contributed by atoms with van der Waals surface area (Å²) >= 11 is 0. The number of rotatable bonds is 5. The van der Waals surface area contributed by atoms with E-state index in [0.717, 1.165) is 18.7 Å². The van der Waals surface area contributed by atoms with Crippen LogP contribution in [-0.4, -0.2) is 55.0 Å². The quantitative estimate of drug-likeness (QED) is 0.847. The highest BCUT2D eigenvalue weighted by molar-refractivity contribution is 5.64. The van der Waals surface area contributed by atoms with Gasteiger partial charge in [0.15, 0.2) is 0 Å². The van der Waals surface area contributed by atoms with Gasteiger partial charge in [-0.1, -0.05) is 12.1 Å². The van der Waals surface area contributed by atoms with Gasteiger partial charge in [-0.15, -0.1) is 0 Å². The van der Waals surface area contributed by atoms with Crippen molar-refractivity contribution in [1.82, 2.24) is 10.2 Å². The average molecular weight is 289 g/mol. The monoisotopic (exact) mass is 289 g/mol. The van der Waals surface area contributed by atoms with Gasteiger partial charge in [-0.25, -0.2) is 4.79 Å². The molecule has 0 bridgehead atoms. The average Bonchev–Trinajstić information content (AvgIpc) is 2.48. The molecule has 112 valence electrons. The molecule has 1 aliphatic rings. The van der Waals surface area contributed by atoms with Gasteiger partial charge in [0.25, 0.3) is 0 Å². The Labute approximate surface area is 123 Å². The van der Waals surface area contributed by atoms with Crippen molar-refractivity contribution in [3.8, 4) is 6.07 Å². The fourth-order valence-electron chi connectivity index (χ4n) is 2.43. The maximum atomic E-state index is 10.9. The van der Waals surface area contributed by atoms with Crippen molar-refractivity contribution in [2.24, 2.45) is 0 Å². The van der Waals surface area contributed by atoms with E-state index in [1.165, 1.54) is 0 Å². The maximum absolute atomic E-state index is 10.9. The van der Waals surface area contributed by atoms with E-state index in [1.807, 2.05) is 12.1 Å². The molecule has 0 aliphatic carbocycles. The summed E-state index contributed by atoms with van der Waals surface area (Å²) in [6.45, 7) is 3.69. The number of hydrogen-bond acceptors (Lipinski definition) is 4. The van der Waals surface area contributed by atoms with E-state index >= 15 is 0 Å². The molecule has 1 unspecified atom stereocenters. The molecule has 1 aromatic rings. The van der Waals surface area contributed by atoms with E-state index in [-0.39, 0.29) is 6.04 Å². The number of amides is 1. The van der Waals surface area contributed by atoms with Crippen LogP contribution >= 0.6 is 0 Å². The number of nitrogens with one attached hydrogen (secondary N) is 1. The SMILES string of the molecule is N#Cc1ccc(CC(CN2CCOCC2)NC(=O)O)cc1. The molecular weight excluding hydrogens is 270 g/mol. The summed E-state index contributed by atoms with van der Waals surface area (Å²) in [6, 6.07) is 9.14. The normalized spacial score (nSPS) is 16.9. The van der Waals surface area contributed by atoms with Crippen LogP contribution in [0.15, 0.2) is 24.3 Å². The van der Waals surface area contributed by atoms with Crippen LogP contribution in [0, 0.1) is 11.3 Å². The van der Waals surface area contributed by atoms with E-state index in [4.69, 9.17) is 15.1 Å². The lowest BCUT2D eigenvalue weighted by atomic mass is 10.0. The zero-order chi connectivity index (χ0) is 15.1. The van der Waals surface area contributed by atoms with Gasteiger partial charge in [0.2, 0.25) is 0 Å². The lowest BCUT2D eigenvalue weighted by molar-refractivity contribution is 0.0337. The Balaban J connectivity index is 1.97. The summed E-state index contributed by atoms with van der Waals surface area (Å²) in [5.74, 6) is 0. The summed E-state index contributed by atoms with van der Waals surface area (Å²) in [7, 11) is 0. The van der Waals surface area contributed by atoms with E-state index in [1.54, 1.807) is 12.1 Å². The number of benzene rings is 1. The fourth-order valence-corrected chi connectivity index (χ4v) is 2.43. The predicted octanol–water partition coefficient (Wildman–Crippen LogP) is 1.07. The molecule has 1 aromatic carbocycles. The predicted molar refractivity (Wildman–Crippen MR) is 77.1 cm³/mol. The molecule has 21 heavy (non-hydrogen) atoms. The fraction of sp³-hybridized carbons (Fsp3) is 0.467. The van der Waals surface area contributed by atoms with Gasteiger partial charge in [0.1, 0.15) is 0 Å². The van der Waals surface area contributed by atoms with Crippen molar-refractivity contribution < 1.29 is 14.6 Å². The van der Waals surface area contributed by atoms with E-state index < -0.39 is 6.09 Å². The standard InChI is InChI=1S/C15H19N3O3/c16-10-13-3-1-12(2-4-13)9-14(17-15(19)20)11-18-5-7-21-8-6-18/h1-4,14,17H,5-9,11H2,(H,19,20). The summed E-state index contributed by atoms with van der Waals surface area (Å²) in [5.41, 5.74) is 1.62. The Morgan fingerprint density at radius 3 is 2.62 bits per heavy atom. The number of nitriles is 1.